The zero-order valence-electron chi connectivity index (χ0n) is 15.0. The summed E-state index contributed by atoms with van der Waals surface area (Å²) in [5.74, 6) is 5.58. The van der Waals surface area contributed by atoms with Gasteiger partial charge in [0.15, 0.2) is 5.82 Å². The van der Waals surface area contributed by atoms with E-state index in [4.69, 9.17) is 5.84 Å². The second-order valence-corrected chi connectivity index (χ2v) is 7.16. The molecule has 0 aliphatic carbocycles. The standard InChI is InChI=1S/C19H18F3N3O2/c1-18(2,3)12-6-4-11(5-7-12)16-24-15-9-8-13(27-19(20,21)22)10-14(15)17(26)25(16)23/h4-10H,23H2,1-3H3. The Morgan fingerprint density at radius 3 is 2.22 bits per heavy atom. The van der Waals surface area contributed by atoms with Crippen molar-refractivity contribution < 1.29 is 17.9 Å². The van der Waals surface area contributed by atoms with Crippen LogP contribution in [-0.2, 0) is 5.41 Å². The summed E-state index contributed by atoms with van der Waals surface area (Å²) < 4.78 is 41.8. The largest absolute Gasteiger partial charge is 0.573 e. The first kappa shape index (κ1) is 18.8. The molecule has 0 unspecified atom stereocenters. The lowest BCUT2D eigenvalue weighted by Crippen LogP contribution is -2.30. The molecule has 0 saturated heterocycles. The molecule has 2 aromatic carbocycles. The predicted molar refractivity (Wildman–Crippen MR) is 97.0 cm³/mol. The van der Waals surface area contributed by atoms with Crippen molar-refractivity contribution in [2.24, 2.45) is 0 Å². The van der Waals surface area contributed by atoms with E-state index >= 15 is 0 Å². The van der Waals surface area contributed by atoms with E-state index in [2.05, 4.69) is 30.5 Å². The van der Waals surface area contributed by atoms with Crippen molar-refractivity contribution in [3.63, 3.8) is 0 Å². The third kappa shape index (κ3) is 3.89. The van der Waals surface area contributed by atoms with Gasteiger partial charge in [0.1, 0.15) is 5.75 Å². The molecule has 0 aliphatic heterocycles. The highest BCUT2D eigenvalue weighted by molar-refractivity contribution is 5.81. The molecule has 0 bridgehead atoms. The summed E-state index contributed by atoms with van der Waals surface area (Å²) in [5, 5.41) is -0.0608. The Kier molecular flexibility index (Phi) is 4.37. The number of hydrogen-bond acceptors (Lipinski definition) is 4. The van der Waals surface area contributed by atoms with Gasteiger partial charge in [-0.05, 0) is 29.2 Å². The minimum absolute atomic E-state index is 0.0351. The van der Waals surface area contributed by atoms with Crippen LogP contribution in [-0.4, -0.2) is 16.0 Å². The molecule has 0 radical (unpaired) electrons. The number of ether oxygens (including phenoxy) is 1. The van der Waals surface area contributed by atoms with Crippen molar-refractivity contribution in [2.45, 2.75) is 32.5 Å². The van der Waals surface area contributed by atoms with Crippen LogP contribution in [0.3, 0.4) is 0 Å². The lowest BCUT2D eigenvalue weighted by Gasteiger charge is -2.19. The van der Waals surface area contributed by atoms with Gasteiger partial charge in [0.25, 0.3) is 5.56 Å². The van der Waals surface area contributed by atoms with Crippen LogP contribution in [0.2, 0.25) is 0 Å². The van der Waals surface area contributed by atoms with Crippen molar-refractivity contribution in [2.75, 3.05) is 5.84 Å². The molecule has 2 N–H and O–H groups in total. The Morgan fingerprint density at radius 2 is 1.67 bits per heavy atom. The van der Waals surface area contributed by atoms with Crippen molar-refractivity contribution in [1.29, 1.82) is 0 Å². The maximum Gasteiger partial charge on any atom is 0.573 e. The summed E-state index contributed by atoms with van der Waals surface area (Å²) in [4.78, 5) is 16.9. The molecule has 5 nitrogen and oxygen atoms in total. The Balaban J connectivity index is 2.09. The van der Waals surface area contributed by atoms with Gasteiger partial charge in [0, 0.05) is 5.56 Å². The van der Waals surface area contributed by atoms with E-state index in [0.29, 0.717) is 5.56 Å². The Morgan fingerprint density at radius 1 is 1.04 bits per heavy atom. The summed E-state index contributed by atoms with van der Waals surface area (Å²) in [5.41, 5.74) is 1.26. The number of hydrogen-bond donors (Lipinski definition) is 1. The van der Waals surface area contributed by atoms with E-state index < -0.39 is 17.7 Å². The number of fused-ring (bicyclic) bond motifs is 1. The Bertz CT molecular complexity index is 1050. The molecule has 0 amide bonds. The summed E-state index contributed by atoms with van der Waals surface area (Å²) in [6, 6.07) is 10.8. The molecule has 0 saturated carbocycles. The van der Waals surface area contributed by atoms with Gasteiger partial charge in [-0.3, -0.25) is 4.79 Å². The predicted octanol–water partition coefficient (Wildman–Crippen LogP) is 3.97. The number of rotatable bonds is 2. The quantitative estimate of drug-likeness (QED) is 0.686. The maximum absolute atomic E-state index is 12.5. The zero-order valence-corrected chi connectivity index (χ0v) is 15.0. The second-order valence-electron chi connectivity index (χ2n) is 7.16. The minimum Gasteiger partial charge on any atom is -0.406 e. The van der Waals surface area contributed by atoms with Crippen LogP contribution in [0.25, 0.3) is 22.3 Å². The number of alkyl halides is 3. The number of aromatic nitrogens is 2. The number of halogens is 3. The molecule has 1 heterocycles. The van der Waals surface area contributed by atoms with Gasteiger partial charge in [-0.2, -0.15) is 0 Å². The summed E-state index contributed by atoms with van der Waals surface area (Å²) >= 11 is 0. The molecule has 0 atom stereocenters. The fourth-order valence-corrected chi connectivity index (χ4v) is 2.70. The normalized spacial score (nSPS) is 12.4. The van der Waals surface area contributed by atoms with E-state index in [-0.39, 0.29) is 22.1 Å². The van der Waals surface area contributed by atoms with Gasteiger partial charge in [-0.1, -0.05) is 45.0 Å². The molecule has 3 aromatic rings. The average molecular weight is 377 g/mol. The second kappa shape index (κ2) is 6.29. The van der Waals surface area contributed by atoms with Crippen LogP contribution in [0.15, 0.2) is 47.3 Å². The molecule has 8 heteroatoms. The van der Waals surface area contributed by atoms with Gasteiger partial charge in [-0.25, -0.2) is 9.66 Å². The minimum atomic E-state index is -4.85. The lowest BCUT2D eigenvalue weighted by molar-refractivity contribution is -0.274. The summed E-state index contributed by atoms with van der Waals surface area (Å²) in [7, 11) is 0. The Hall–Kier alpha value is -3.03. The lowest BCUT2D eigenvalue weighted by atomic mass is 9.86. The fourth-order valence-electron chi connectivity index (χ4n) is 2.70. The highest BCUT2D eigenvalue weighted by Gasteiger charge is 2.31. The van der Waals surface area contributed by atoms with Crippen LogP contribution in [0.5, 0.6) is 5.75 Å². The molecule has 0 aliphatic rings. The van der Waals surface area contributed by atoms with Crippen molar-refractivity contribution in [3.8, 4) is 17.1 Å². The Labute approximate surface area is 153 Å². The SMILES string of the molecule is CC(C)(C)c1ccc(-c2nc3ccc(OC(F)(F)F)cc3c(=O)n2N)cc1. The summed E-state index contributed by atoms with van der Waals surface area (Å²) in [6.45, 7) is 6.24. The van der Waals surface area contributed by atoms with Gasteiger partial charge in [0.05, 0.1) is 10.9 Å². The zero-order chi connectivity index (χ0) is 20.0. The molecule has 3 rings (SSSR count). The number of nitrogen functional groups attached to an aromatic ring is 1. The summed E-state index contributed by atoms with van der Waals surface area (Å²) in [6.07, 6.45) is -4.85. The first-order valence-corrected chi connectivity index (χ1v) is 8.14. The molecule has 27 heavy (non-hydrogen) atoms. The van der Waals surface area contributed by atoms with Crippen LogP contribution in [0.1, 0.15) is 26.3 Å². The molecule has 1 aromatic heterocycles. The average Bonchev–Trinajstić information content (AvgIpc) is 2.56. The third-order valence-corrected chi connectivity index (χ3v) is 4.11. The van der Waals surface area contributed by atoms with E-state index in [1.807, 2.05) is 12.1 Å². The van der Waals surface area contributed by atoms with Gasteiger partial charge < -0.3 is 10.6 Å². The van der Waals surface area contributed by atoms with Crippen molar-refractivity contribution in [3.05, 3.63) is 58.4 Å². The van der Waals surface area contributed by atoms with Gasteiger partial charge >= 0.3 is 6.36 Å². The third-order valence-electron chi connectivity index (χ3n) is 4.11. The first-order chi connectivity index (χ1) is 12.5. The number of nitrogens with zero attached hydrogens (tertiary/aromatic N) is 2. The van der Waals surface area contributed by atoms with Crippen molar-refractivity contribution >= 4 is 10.9 Å². The van der Waals surface area contributed by atoms with Crippen LogP contribution >= 0.6 is 0 Å². The molecular weight excluding hydrogens is 359 g/mol. The molecule has 0 spiro atoms. The molecule has 0 fully saturated rings. The molecular formula is C19H18F3N3O2. The fraction of sp³-hybridized carbons (Fsp3) is 0.263. The van der Waals surface area contributed by atoms with Gasteiger partial charge in [0.2, 0.25) is 0 Å². The monoisotopic (exact) mass is 377 g/mol. The smallest absolute Gasteiger partial charge is 0.406 e. The van der Waals surface area contributed by atoms with Gasteiger partial charge in [-0.15, -0.1) is 13.2 Å². The number of nitrogens with two attached hydrogens (primary N) is 1. The highest BCUT2D eigenvalue weighted by atomic mass is 19.4. The van der Waals surface area contributed by atoms with Crippen LogP contribution in [0.4, 0.5) is 13.2 Å². The first-order valence-electron chi connectivity index (χ1n) is 8.14. The number of benzene rings is 2. The highest BCUT2D eigenvalue weighted by Crippen LogP contribution is 2.27. The maximum atomic E-state index is 12.5. The van der Waals surface area contributed by atoms with E-state index in [9.17, 15) is 18.0 Å². The molecule has 142 valence electrons. The van der Waals surface area contributed by atoms with Crippen molar-refractivity contribution in [1.82, 2.24) is 9.66 Å². The van der Waals surface area contributed by atoms with E-state index in [1.54, 1.807) is 12.1 Å². The van der Waals surface area contributed by atoms with Crippen LogP contribution in [0, 0.1) is 0 Å². The topological polar surface area (TPSA) is 70.1 Å². The van der Waals surface area contributed by atoms with Crippen LogP contribution < -0.4 is 16.1 Å². The van der Waals surface area contributed by atoms with E-state index in [1.165, 1.54) is 6.07 Å². The van der Waals surface area contributed by atoms with E-state index in [0.717, 1.165) is 22.4 Å².